The maximum Gasteiger partial charge on any atom is 0.433 e. The normalized spacial score (nSPS) is 14.0. The summed E-state index contributed by atoms with van der Waals surface area (Å²) in [6.07, 6.45) is -4.49. The molecule has 0 aliphatic rings. The summed E-state index contributed by atoms with van der Waals surface area (Å²) in [5.41, 5.74) is -0.0452. The Balaban J connectivity index is 2.41. The molecule has 0 aliphatic carbocycles. The van der Waals surface area contributed by atoms with Crippen molar-refractivity contribution in [2.45, 2.75) is 19.1 Å². The summed E-state index contributed by atoms with van der Waals surface area (Å²) < 4.78 is 40.4. The molecule has 1 atom stereocenters. The summed E-state index contributed by atoms with van der Waals surface area (Å²) in [5.74, 6) is 0. The molecule has 0 heterocycles. The molecule has 0 spiro atoms. The Morgan fingerprint density at radius 3 is 2.10 bits per heavy atom. The molecule has 21 heavy (non-hydrogen) atoms. The number of halogens is 4. The number of alkyl halides is 3. The average molecular weight is 356 g/mol. The Morgan fingerprint density at radius 1 is 1.00 bits per heavy atom. The quantitative estimate of drug-likeness (QED) is 0.639. The van der Waals surface area contributed by atoms with Gasteiger partial charge in [-0.25, -0.2) is 0 Å². The SMILES string of the molecule is C[C@H](/N=C(/c1ccc(Br)cc1)C(F)(F)F)c1ccccc1. The van der Waals surface area contributed by atoms with Crippen LogP contribution in [0.2, 0.25) is 0 Å². The van der Waals surface area contributed by atoms with Crippen LogP contribution >= 0.6 is 15.9 Å². The third kappa shape index (κ3) is 4.17. The van der Waals surface area contributed by atoms with E-state index in [9.17, 15) is 13.2 Å². The molecule has 0 saturated heterocycles. The van der Waals surface area contributed by atoms with Crippen molar-refractivity contribution >= 4 is 21.6 Å². The van der Waals surface area contributed by atoms with Crippen LogP contribution in [0.15, 0.2) is 64.1 Å². The molecule has 0 fully saturated rings. The van der Waals surface area contributed by atoms with Gasteiger partial charge in [-0.3, -0.25) is 4.99 Å². The number of benzene rings is 2. The zero-order chi connectivity index (χ0) is 15.5. The summed E-state index contributed by atoms with van der Waals surface area (Å²) >= 11 is 3.21. The van der Waals surface area contributed by atoms with Gasteiger partial charge in [0.05, 0.1) is 6.04 Å². The lowest BCUT2D eigenvalue weighted by Crippen LogP contribution is -2.24. The van der Waals surface area contributed by atoms with Crippen LogP contribution in [-0.2, 0) is 0 Å². The van der Waals surface area contributed by atoms with Crippen LogP contribution in [0.4, 0.5) is 13.2 Å². The first-order chi connectivity index (χ1) is 9.88. The zero-order valence-corrected chi connectivity index (χ0v) is 12.8. The fourth-order valence-electron chi connectivity index (χ4n) is 1.92. The van der Waals surface area contributed by atoms with Crippen LogP contribution in [-0.4, -0.2) is 11.9 Å². The molecular formula is C16H13BrF3N. The summed E-state index contributed by atoms with van der Waals surface area (Å²) in [6.45, 7) is 1.65. The van der Waals surface area contributed by atoms with Gasteiger partial charge in [-0.2, -0.15) is 13.2 Å². The molecule has 5 heteroatoms. The van der Waals surface area contributed by atoms with E-state index in [1.807, 2.05) is 6.07 Å². The number of nitrogens with zero attached hydrogens (tertiary/aromatic N) is 1. The van der Waals surface area contributed by atoms with Crippen LogP contribution in [0.3, 0.4) is 0 Å². The van der Waals surface area contributed by atoms with E-state index in [1.165, 1.54) is 12.1 Å². The molecule has 0 amide bonds. The van der Waals surface area contributed by atoms with Crippen molar-refractivity contribution in [3.8, 4) is 0 Å². The van der Waals surface area contributed by atoms with Crippen molar-refractivity contribution in [1.82, 2.24) is 0 Å². The van der Waals surface area contributed by atoms with Crippen molar-refractivity contribution in [2.75, 3.05) is 0 Å². The smallest absolute Gasteiger partial charge is 0.272 e. The Labute approximate surface area is 129 Å². The van der Waals surface area contributed by atoms with Gasteiger partial charge in [-0.05, 0) is 24.6 Å². The highest BCUT2D eigenvalue weighted by Crippen LogP contribution is 2.27. The number of aliphatic imine (C=N–C) groups is 1. The third-order valence-corrected chi connectivity index (χ3v) is 3.52. The highest BCUT2D eigenvalue weighted by atomic mass is 79.9. The van der Waals surface area contributed by atoms with E-state index in [2.05, 4.69) is 20.9 Å². The minimum Gasteiger partial charge on any atom is -0.272 e. The highest BCUT2D eigenvalue weighted by molar-refractivity contribution is 9.10. The summed E-state index contributed by atoms with van der Waals surface area (Å²) in [7, 11) is 0. The van der Waals surface area contributed by atoms with Gasteiger partial charge in [-0.1, -0.05) is 58.4 Å². The number of hydrogen-bond acceptors (Lipinski definition) is 1. The molecule has 0 bridgehead atoms. The second-order valence-electron chi connectivity index (χ2n) is 4.57. The molecule has 0 N–H and O–H groups in total. The van der Waals surface area contributed by atoms with Gasteiger partial charge in [0.1, 0.15) is 5.71 Å². The van der Waals surface area contributed by atoms with Crippen LogP contribution in [0.5, 0.6) is 0 Å². The molecule has 0 saturated carbocycles. The van der Waals surface area contributed by atoms with E-state index >= 15 is 0 Å². The van der Waals surface area contributed by atoms with E-state index in [0.29, 0.717) is 0 Å². The molecule has 0 radical (unpaired) electrons. The molecule has 0 unspecified atom stereocenters. The molecule has 0 aromatic heterocycles. The first-order valence-corrected chi connectivity index (χ1v) is 7.13. The Morgan fingerprint density at radius 2 is 1.57 bits per heavy atom. The van der Waals surface area contributed by atoms with Crippen LogP contribution in [0.1, 0.15) is 24.1 Å². The van der Waals surface area contributed by atoms with Gasteiger partial charge in [0, 0.05) is 10.0 Å². The van der Waals surface area contributed by atoms with Gasteiger partial charge in [0.15, 0.2) is 0 Å². The first kappa shape index (κ1) is 15.8. The predicted octanol–water partition coefficient (Wildman–Crippen LogP) is 5.56. The number of hydrogen-bond donors (Lipinski definition) is 0. The Bertz CT molecular complexity index is 618. The van der Waals surface area contributed by atoms with E-state index in [1.54, 1.807) is 43.3 Å². The molecule has 2 aromatic rings. The van der Waals surface area contributed by atoms with Crippen molar-refractivity contribution in [1.29, 1.82) is 0 Å². The fourth-order valence-corrected chi connectivity index (χ4v) is 2.18. The fraction of sp³-hybridized carbons (Fsp3) is 0.188. The van der Waals surface area contributed by atoms with Gasteiger partial charge < -0.3 is 0 Å². The Kier molecular flexibility index (Phi) is 4.83. The lowest BCUT2D eigenvalue weighted by atomic mass is 10.1. The lowest BCUT2D eigenvalue weighted by Gasteiger charge is -2.14. The molecule has 0 aliphatic heterocycles. The third-order valence-electron chi connectivity index (χ3n) is 2.99. The monoisotopic (exact) mass is 355 g/mol. The van der Waals surface area contributed by atoms with Crippen LogP contribution < -0.4 is 0 Å². The average Bonchev–Trinajstić information content (AvgIpc) is 2.45. The number of rotatable bonds is 3. The maximum absolute atomic E-state index is 13.2. The zero-order valence-electron chi connectivity index (χ0n) is 11.2. The van der Waals surface area contributed by atoms with Crippen molar-refractivity contribution < 1.29 is 13.2 Å². The standard InChI is InChI=1S/C16H13BrF3N/c1-11(12-5-3-2-4-6-12)21-15(16(18,19)20)13-7-9-14(17)10-8-13/h2-11H,1H3/b21-15-/t11-/m0/s1. The van der Waals surface area contributed by atoms with E-state index < -0.39 is 17.9 Å². The van der Waals surface area contributed by atoms with Gasteiger partial charge in [0.25, 0.3) is 0 Å². The van der Waals surface area contributed by atoms with Crippen LogP contribution in [0.25, 0.3) is 0 Å². The minimum absolute atomic E-state index is 0.0634. The topological polar surface area (TPSA) is 12.4 Å². The molecular weight excluding hydrogens is 343 g/mol. The van der Waals surface area contributed by atoms with E-state index in [-0.39, 0.29) is 5.56 Å². The molecule has 110 valence electrons. The van der Waals surface area contributed by atoms with Crippen molar-refractivity contribution in [2.24, 2.45) is 4.99 Å². The van der Waals surface area contributed by atoms with Crippen molar-refractivity contribution in [3.05, 3.63) is 70.2 Å². The summed E-state index contributed by atoms with van der Waals surface area (Å²) in [4.78, 5) is 3.89. The lowest BCUT2D eigenvalue weighted by molar-refractivity contribution is -0.0584. The van der Waals surface area contributed by atoms with Gasteiger partial charge >= 0.3 is 6.18 Å². The van der Waals surface area contributed by atoms with Crippen molar-refractivity contribution in [3.63, 3.8) is 0 Å². The largest absolute Gasteiger partial charge is 0.433 e. The second-order valence-corrected chi connectivity index (χ2v) is 5.48. The van der Waals surface area contributed by atoms with Gasteiger partial charge in [0.2, 0.25) is 0 Å². The maximum atomic E-state index is 13.2. The predicted molar refractivity (Wildman–Crippen MR) is 81.6 cm³/mol. The minimum atomic E-state index is -4.49. The first-order valence-electron chi connectivity index (χ1n) is 6.34. The Hall–Kier alpha value is -1.62. The van der Waals surface area contributed by atoms with Gasteiger partial charge in [-0.15, -0.1) is 0 Å². The summed E-state index contributed by atoms with van der Waals surface area (Å²) in [6, 6.07) is 14.3. The second kappa shape index (κ2) is 6.43. The van der Waals surface area contributed by atoms with E-state index in [4.69, 9.17) is 0 Å². The highest BCUT2D eigenvalue weighted by Gasteiger charge is 2.37. The molecule has 2 rings (SSSR count). The summed E-state index contributed by atoms with van der Waals surface area (Å²) in [5, 5.41) is 0. The van der Waals surface area contributed by atoms with Crippen LogP contribution in [0, 0.1) is 0 Å². The van der Waals surface area contributed by atoms with E-state index in [0.717, 1.165) is 10.0 Å². The molecule has 1 nitrogen and oxygen atoms in total. The molecule has 2 aromatic carbocycles.